The van der Waals surface area contributed by atoms with Gasteiger partial charge in [-0.05, 0) is 89.5 Å². The van der Waals surface area contributed by atoms with Gasteiger partial charge in [0.1, 0.15) is 8.07 Å². The van der Waals surface area contributed by atoms with Crippen molar-refractivity contribution >= 4 is 50.6 Å². The minimum atomic E-state index is -1.75. The van der Waals surface area contributed by atoms with Crippen molar-refractivity contribution in [1.29, 1.82) is 0 Å². The van der Waals surface area contributed by atoms with Crippen LogP contribution < -0.4 is 4.50 Å². The van der Waals surface area contributed by atoms with Crippen LogP contribution in [0.4, 0.5) is 0 Å². The summed E-state index contributed by atoms with van der Waals surface area (Å²) in [4.78, 5) is 16.8. The molecule has 56 heavy (non-hydrogen) atoms. The third-order valence-electron chi connectivity index (χ3n) is 12.8. The average Bonchev–Trinajstić information content (AvgIpc) is 3.52. The van der Waals surface area contributed by atoms with Crippen molar-refractivity contribution in [1.82, 2.24) is 4.98 Å². The Kier molecular flexibility index (Phi) is 19.7. The molecule has 3 nitrogen and oxygen atoms in total. The second-order valence-corrected chi connectivity index (χ2v) is 23.3. The molecule has 311 valence electrons. The van der Waals surface area contributed by atoms with Gasteiger partial charge in [-0.3, -0.25) is 9.78 Å². The number of aryl methyl sites for hydroxylation is 1. The van der Waals surface area contributed by atoms with E-state index in [-0.39, 0.29) is 43.5 Å². The van der Waals surface area contributed by atoms with E-state index >= 15 is 0 Å². The number of carbonyl (C=O) groups excluding carboxylic acids is 1. The normalized spacial score (nSPS) is 14.3. The molecule has 1 saturated carbocycles. The molecule has 2 heterocycles. The molecular formula is C50H74IrNO2SSi-. The Morgan fingerprint density at radius 3 is 2.00 bits per heavy atom. The van der Waals surface area contributed by atoms with Gasteiger partial charge in [0.15, 0.2) is 5.78 Å². The van der Waals surface area contributed by atoms with Crippen LogP contribution in [-0.2, 0) is 24.9 Å². The van der Waals surface area contributed by atoms with Crippen LogP contribution in [0, 0.1) is 36.7 Å². The number of ketones is 1. The summed E-state index contributed by atoms with van der Waals surface area (Å²) >= 11 is 2.14. The fraction of sp³-hybridized carbons (Fsp3) is 0.600. The van der Waals surface area contributed by atoms with E-state index in [1.807, 2.05) is 27.7 Å². The first kappa shape index (κ1) is 48.3. The van der Waals surface area contributed by atoms with Gasteiger partial charge < -0.3 is 5.11 Å². The van der Waals surface area contributed by atoms with Crippen LogP contribution in [0.1, 0.15) is 157 Å². The number of aliphatic hydroxyl groups is 1. The number of aromatic nitrogens is 1. The average molecular weight is 974 g/mol. The van der Waals surface area contributed by atoms with E-state index < -0.39 is 8.07 Å². The maximum absolute atomic E-state index is 11.7. The van der Waals surface area contributed by atoms with E-state index in [1.54, 1.807) is 10.1 Å². The van der Waals surface area contributed by atoms with E-state index in [0.717, 1.165) is 61.6 Å². The van der Waals surface area contributed by atoms with Crippen molar-refractivity contribution in [2.75, 3.05) is 0 Å². The first-order valence-electron chi connectivity index (χ1n) is 22.2. The number of hydrogen-bond donors (Lipinski definition) is 1. The Hall–Kier alpha value is -2.11. The molecule has 6 heteroatoms. The quantitative estimate of drug-likeness (QED) is 0.0496. The van der Waals surface area contributed by atoms with Gasteiger partial charge >= 0.3 is 0 Å². The molecule has 5 rings (SSSR count). The summed E-state index contributed by atoms with van der Waals surface area (Å²) in [7, 11) is -1.75. The third kappa shape index (κ3) is 11.3. The molecule has 1 radical (unpaired) electrons. The van der Waals surface area contributed by atoms with Crippen molar-refractivity contribution in [3.63, 3.8) is 0 Å². The summed E-state index contributed by atoms with van der Waals surface area (Å²) in [5.41, 5.74) is 6.28. The topological polar surface area (TPSA) is 50.2 Å². The van der Waals surface area contributed by atoms with E-state index in [0.29, 0.717) is 5.92 Å². The summed E-state index contributed by atoms with van der Waals surface area (Å²) in [6.07, 6.45) is 16.5. The molecule has 0 saturated heterocycles. The Labute approximate surface area is 360 Å². The molecule has 0 unspecified atom stereocenters. The van der Waals surface area contributed by atoms with Gasteiger partial charge in [-0.15, -0.1) is 29.1 Å². The van der Waals surface area contributed by atoms with Crippen LogP contribution in [0.5, 0.6) is 0 Å². The van der Waals surface area contributed by atoms with Crippen LogP contribution in [-0.4, -0.2) is 23.9 Å². The molecule has 0 bridgehead atoms. The van der Waals surface area contributed by atoms with Gasteiger partial charge in [-0.2, -0.15) is 11.3 Å². The number of allylic oxidation sites excluding steroid dienone is 2. The summed E-state index contributed by atoms with van der Waals surface area (Å²) in [6.45, 7) is 25.1. The minimum Gasteiger partial charge on any atom is -0.512 e. The van der Waals surface area contributed by atoms with Gasteiger partial charge in [0.05, 0.1) is 5.76 Å². The molecule has 0 amide bonds. The molecule has 1 fully saturated rings. The maximum Gasteiger partial charge on any atom is 0.162 e. The Morgan fingerprint density at radius 1 is 0.857 bits per heavy atom. The molecule has 0 spiro atoms. The summed E-state index contributed by atoms with van der Waals surface area (Å²) in [5.74, 6) is 2.59. The fourth-order valence-corrected chi connectivity index (χ4v) is 20.0. The van der Waals surface area contributed by atoms with Crippen molar-refractivity contribution < 1.29 is 30.0 Å². The molecule has 0 atom stereocenters. The Balaban J connectivity index is 0.000000448. The number of rotatable bonds is 17. The first-order chi connectivity index (χ1) is 26.4. The monoisotopic (exact) mass is 973 g/mol. The van der Waals surface area contributed by atoms with E-state index in [9.17, 15) is 9.90 Å². The van der Waals surface area contributed by atoms with Gasteiger partial charge in [-0.25, -0.2) is 0 Å². The fourth-order valence-electron chi connectivity index (χ4n) is 9.95. The molecule has 1 aliphatic rings. The molecule has 0 aliphatic heterocycles. The molecule has 1 N–H and O–H groups in total. The van der Waals surface area contributed by atoms with Crippen molar-refractivity contribution in [2.45, 2.75) is 170 Å². The number of aliphatic hydroxyl groups excluding tert-OH is 1. The van der Waals surface area contributed by atoms with Crippen LogP contribution in [0.25, 0.3) is 32.1 Å². The summed E-state index contributed by atoms with van der Waals surface area (Å²) in [5, 5.41) is 13.8. The van der Waals surface area contributed by atoms with Crippen molar-refractivity contribution in [2.24, 2.45) is 23.7 Å². The number of thiophene rings is 1. The van der Waals surface area contributed by atoms with E-state index in [1.165, 1.54) is 82.3 Å². The predicted octanol–water partition coefficient (Wildman–Crippen LogP) is 15.3. The van der Waals surface area contributed by atoms with Crippen LogP contribution in [0.3, 0.4) is 0 Å². The van der Waals surface area contributed by atoms with Crippen LogP contribution >= 0.6 is 11.3 Å². The van der Waals surface area contributed by atoms with Gasteiger partial charge in [0.25, 0.3) is 0 Å². The largest absolute Gasteiger partial charge is 0.512 e. The van der Waals surface area contributed by atoms with E-state index in [4.69, 9.17) is 4.98 Å². The number of nitrogens with zero attached hydrogens (tertiary/aromatic N) is 1. The second kappa shape index (κ2) is 22.9. The smallest absolute Gasteiger partial charge is 0.162 e. The van der Waals surface area contributed by atoms with Crippen LogP contribution in [0.15, 0.2) is 54.4 Å². The van der Waals surface area contributed by atoms with Gasteiger partial charge in [-0.1, -0.05) is 143 Å². The number of carbonyl (C=O) groups is 1. The SMILES string of the molecule is CCC(CC)C(=O)/C=C(\O)C(CC)CC.CCC(CC)c1cc(-c2nccc3c(C)c([Si](CC(C)C)(CC(C)C)C4CCCCC4)sc23)[c-]c2ccccc12.[Ir]. The van der Waals surface area contributed by atoms with E-state index in [2.05, 4.69) is 108 Å². The van der Waals surface area contributed by atoms with Crippen LogP contribution in [0.2, 0.25) is 17.6 Å². The molecule has 2 aromatic carbocycles. The van der Waals surface area contributed by atoms with Crippen molar-refractivity contribution in [3.05, 3.63) is 71.6 Å². The third-order valence-corrected chi connectivity index (χ3v) is 22.0. The standard InChI is InChI=1S/C37H50NSSi.C13H24O2.Ir/c1-8-28(9-2)34-22-30(21-29-15-13-14-18-33(29)34)35-36-32(19-20-38-35)27(7)37(39-36)40(23-25(3)4,24-26(5)6)31-16-11-10-12-17-31;1-5-10(6-2)12(14)9-13(15)11(7-3)8-4;/h13-15,18-20,22,25-26,28,31H,8-12,16-17,23-24H2,1-7H3;9-11,14H,5-8H2,1-4H3;/q-1;;/b;12-9-;. The number of hydrogen-bond acceptors (Lipinski definition) is 4. The molecule has 2 aromatic heterocycles. The first-order valence-corrected chi connectivity index (χ1v) is 25.5. The Bertz CT molecular complexity index is 1830. The maximum atomic E-state index is 11.7. The Morgan fingerprint density at radius 2 is 1.45 bits per heavy atom. The molecular weight excluding hydrogens is 899 g/mol. The number of benzene rings is 2. The second-order valence-electron chi connectivity index (χ2n) is 17.5. The zero-order chi connectivity index (χ0) is 40.3. The zero-order valence-corrected chi connectivity index (χ0v) is 41.0. The zero-order valence-electron chi connectivity index (χ0n) is 36.8. The molecule has 1 aliphatic carbocycles. The number of pyridine rings is 1. The number of fused-ring (bicyclic) bond motifs is 2. The minimum absolute atomic E-state index is 0. The van der Waals surface area contributed by atoms with Gasteiger partial charge in [0, 0.05) is 54.6 Å². The summed E-state index contributed by atoms with van der Waals surface area (Å²) < 4.78 is 3.20. The summed E-state index contributed by atoms with van der Waals surface area (Å²) in [6, 6.07) is 20.3. The van der Waals surface area contributed by atoms with Gasteiger partial charge in [0.2, 0.25) is 0 Å². The predicted molar refractivity (Wildman–Crippen MR) is 245 cm³/mol. The molecule has 4 aromatic rings. The van der Waals surface area contributed by atoms with Crippen molar-refractivity contribution in [3.8, 4) is 11.3 Å².